The number of nitro benzene ring substituents is 1. The molecule has 1 unspecified atom stereocenters. The summed E-state index contributed by atoms with van der Waals surface area (Å²) in [6, 6.07) is 19.6. The Bertz CT molecular complexity index is 1360. The van der Waals surface area contributed by atoms with Gasteiger partial charge in [-0.2, -0.15) is 0 Å². The third-order valence-electron chi connectivity index (χ3n) is 4.91. The number of hydrogen-bond acceptors (Lipinski definition) is 7. The molecule has 0 fully saturated rings. The van der Waals surface area contributed by atoms with Gasteiger partial charge in [-0.05, 0) is 30.7 Å². The topological polar surface area (TPSA) is 115 Å². The lowest BCUT2D eigenvalue weighted by Gasteiger charge is -2.16. The Morgan fingerprint density at radius 3 is 2.26 bits per heavy atom. The van der Waals surface area contributed by atoms with E-state index in [2.05, 4.69) is 15.3 Å². The van der Waals surface area contributed by atoms with Crippen molar-refractivity contribution in [1.82, 2.24) is 9.97 Å². The van der Waals surface area contributed by atoms with E-state index in [9.17, 15) is 18.5 Å². The van der Waals surface area contributed by atoms with Gasteiger partial charge in [-0.25, -0.2) is 18.4 Å². The molecule has 9 heteroatoms. The van der Waals surface area contributed by atoms with E-state index in [0.717, 1.165) is 5.56 Å². The first-order valence-electron chi connectivity index (χ1n) is 9.42. The third kappa shape index (κ3) is 3.95. The van der Waals surface area contributed by atoms with Crippen LogP contribution in [0, 0.1) is 10.1 Å². The van der Waals surface area contributed by atoms with Crippen LogP contribution < -0.4 is 5.32 Å². The summed E-state index contributed by atoms with van der Waals surface area (Å²) in [5.41, 5.74) is 0.770. The molecule has 0 aliphatic heterocycles. The van der Waals surface area contributed by atoms with Crippen molar-refractivity contribution in [2.45, 2.75) is 22.8 Å². The van der Waals surface area contributed by atoms with Crippen molar-refractivity contribution in [2.75, 3.05) is 5.32 Å². The second-order valence-corrected chi connectivity index (χ2v) is 8.83. The number of benzene rings is 3. The standard InChI is InChI=1S/C22H18N4O4S/c1-15(16-8-4-2-5-9-16)25-22-18-12-20(26(27)28)21(13-19(18)23-14-24-22)31(29,30)17-10-6-3-7-11-17/h2-15H,1H3,(H,23,24,25). The van der Waals surface area contributed by atoms with Gasteiger partial charge in [-0.3, -0.25) is 10.1 Å². The number of nitro groups is 1. The number of hydrogen-bond donors (Lipinski definition) is 1. The van der Waals surface area contributed by atoms with Gasteiger partial charge in [0, 0.05) is 17.5 Å². The van der Waals surface area contributed by atoms with E-state index in [1.165, 1.54) is 30.6 Å². The minimum Gasteiger partial charge on any atom is -0.363 e. The molecular weight excluding hydrogens is 416 g/mol. The number of aromatic nitrogens is 2. The third-order valence-corrected chi connectivity index (χ3v) is 6.71. The van der Waals surface area contributed by atoms with Crippen molar-refractivity contribution < 1.29 is 13.3 Å². The van der Waals surface area contributed by atoms with Gasteiger partial charge in [-0.1, -0.05) is 48.5 Å². The second kappa shape index (κ2) is 8.11. The average Bonchev–Trinajstić information content (AvgIpc) is 2.79. The molecule has 1 atom stereocenters. The molecule has 8 nitrogen and oxygen atoms in total. The Hall–Kier alpha value is -3.85. The highest BCUT2D eigenvalue weighted by Gasteiger charge is 2.29. The molecule has 0 radical (unpaired) electrons. The number of rotatable bonds is 6. The molecule has 1 aromatic heterocycles. The molecule has 31 heavy (non-hydrogen) atoms. The summed E-state index contributed by atoms with van der Waals surface area (Å²) in [5.74, 6) is 0.383. The second-order valence-electron chi connectivity index (χ2n) is 6.91. The van der Waals surface area contributed by atoms with E-state index in [-0.39, 0.29) is 16.5 Å². The summed E-state index contributed by atoms with van der Waals surface area (Å²) in [6.45, 7) is 1.94. The Balaban J connectivity index is 1.85. The van der Waals surface area contributed by atoms with E-state index in [4.69, 9.17) is 0 Å². The van der Waals surface area contributed by atoms with E-state index < -0.39 is 25.3 Å². The zero-order valence-electron chi connectivity index (χ0n) is 16.5. The first-order chi connectivity index (χ1) is 14.9. The fraction of sp³-hybridized carbons (Fsp3) is 0.0909. The SMILES string of the molecule is CC(Nc1ncnc2cc(S(=O)(=O)c3ccccc3)c([N+](=O)[O-])cc12)c1ccccc1. The van der Waals surface area contributed by atoms with Crippen molar-refractivity contribution in [3.63, 3.8) is 0 Å². The lowest BCUT2D eigenvalue weighted by Crippen LogP contribution is -2.10. The van der Waals surface area contributed by atoms with Crippen LogP contribution in [0.1, 0.15) is 18.5 Å². The molecule has 3 aromatic carbocycles. The predicted molar refractivity (Wildman–Crippen MR) is 117 cm³/mol. The van der Waals surface area contributed by atoms with Gasteiger partial charge in [0.2, 0.25) is 9.84 Å². The maximum absolute atomic E-state index is 13.1. The van der Waals surface area contributed by atoms with Crippen molar-refractivity contribution in [3.8, 4) is 0 Å². The normalized spacial score (nSPS) is 12.4. The molecule has 0 amide bonds. The van der Waals surface area contributed by atoms with Crippen molar-refractivity contribution in [2.24, 2.45) is 0 Å². The molecule has 0 bridgehead atoms. The predicted octanol–water partition coefficient (Wildman–Crippen LogP) is 4.54. The van der Waals surface area contributed by atoms with Gasteiger partial charge in [0.15, 0.2) is 4.90 Å². The summed E-state index contributed by atoms with van der Waals surface area (Å²) in [5, 5.41) is 15.4. The zero-order valence-corrected chi connectivity index (χ0v) is 17.3. The Kier molecular flexibility index (Phi) is 5.35. The van der Waals surface area contributed by atoms with E-state index in [0.29, 0.717) is 11.2 Å². The summed E-state index contributed by atoms with van der Waals surface area (Å²) in [7, 11) is -4.11. The van der Waals surface area contributed by atoms with Gasteiger partial charge in [-0.15, -0.1) is 0 Å². The van der Waals surface area contributed by atoms with E-state index in [1.54, 1.807) is 18.2 Å². The maximum atomic E-state index is 13.1. The van der Waals surface area contributed by atoms with Crippen LogP contribution in [0.3, 0.4) is 0 Å². The molecule has 0 saturated carbocycles. The minimum atomic E-state index is -4.11. The number of sulfone groups is 1. The van der Waals surface area contributed by atoms with E-state index >= 15 is 0 Å². The quantitative estimate of drug-likeness (QED) is 0.350. The number of anilines is 1. The van der Waals surface area contributed by atoms with Crippen molar-refractivity contribution in [1.29, 1.82) is 0 Å². The molecule has 156 valence electrons. The van der Waals surface area contributed by atoms with Gasteiger partial charge in [0.05, 0.1) is 15.3 Å². The lowest BCUT2D eigenvalue weighted by molar-refractivity contribution is -0.387. The summed E-state index contributed by atoms with van der Waals surface area (Å²) in [6.07, 6.45) is 1.30. The molecule has 0 aliphatic carbocycles. The molecule has 1 N–H and O–H groups in total. The monoisotopic (exact) mass is 434 g/mol. The van der Waals surface area contributed by atoms with Crippen LogP contribution in [0.2, 0.25) is 0 Å². The van der Waals surface area contributed by atoms with Crippen LogP contribution in [0.25, 0.3) is 10.9 Å². The number of nitrogens with one attached hydrogen (secondary N) is 1. The molecule has 4 rings (SSSR count). The van der Waals surface area contributed by atoms with Crippen LogP contribution >= 0.6 is 0 Å². The Labute approximate surface area is 178 Å². The largest absolute Gasteiger partial charge is 0.363 e. The summed E-state index contributed by atoms with van der Waals surface area (Å²) >= 11 is 0. The number of nitrogens with zero attached hydrogens (tertiary/aromatic N) is 3. The van der Waals surface area contributed by atoms with Crippen LogP contribution in [0.15, 0.2) is 88.9 Å². The molecule has 0 aliphatic rings. The van der Waals surface area contributed by atoms with Crippen molar-refractivity contribution >= 4 is 32.2 Å². The fourth-order valence-electron chi connectivity index (χ4n) is 3.30. The summed E-state index contributed by atoms with van der Waals surface area (Å²) in [4.78, 5) is 19.0. The molecule has 0 spiro atoms. The Morgan fingerprint density at radius 1 is 0.968 bits per heavy atom. The smallest absolute Gasteiger partial charge is 0.289 e. The first-order valence-corrected chi connectivity index (χ1v) is 10.9. The van der Waals surface area contributed by atoms with Crippen LogP contribution in [0.4, 0.5) is 11.5 Å². The average molecular weight is 434 g/mol. The highest BCUT2D eigenvalue weighted by atomic mass is 32.2. The lowest BCUT2D eigenvalue weighted by atomic mass is 10.1. The summed E-state index contributed by atoms with van der Waals surface area (Å²) < 4.78 is 26.2. The van der Waals surface area contributed by atoms with Gasteiger partial charge >= 0.3 is 0 Å². The highest BCUT2D eigenvalue weighted by Crippen LogP contribution is 2.35. The van der Waals surface area contributed by atoms with Gasteiger partial charge in [0.1, 0.15) is 12.1 Å². The zero-order chi connectivity index (χ0) is 22.0. The van der Waals surface area contributed by atoms with Gasteiger partial charge < -0.3 is 5.32 Å². The molecular formula is C22H18N4O4S. The minimum absolute atomic E-state index is 0.0254. The van der Waals surface area contributed by atoms with Crippen LogP contribution in [-0.4, -0.2) is 23.3 Å². The molecule has 4 aromatic rings. The van der Waals surface area contributed by atoms with Crippen molar-refractivity contribution in [3.05, 3.63) is 94.8 Å². The number of fused-ring (bicyclic) bond motifs is 1. The van der Waals surface area contributed by atoms with E-state index in [1.807, 2.05) is 37.3 Å². The molecule has 1 heterocycles. The van der Waals surface area contributed by atoms with Gasteiger partial charge in [0.25, 0.3) is 5.69 Å². The van der Waals surface area contributed by atoms with Crippen LogP contribution in [-0.2, 0) is 9.84 Å². The highest BCUT2D eigenvalue weighted by molar-refractivity contribution is 7.91. The maximum Gasteiger partial charge on any atom is 0.289 e. The first kappa shape index (κ1) is 20.4. The Morgan fingerprint density at radius 2 is 1.61 bits per heavy atom. The molecule has 0 saturated heterocycles. The van der Waals surface area contributed by atoms with Crippen LogP contribution in [0.5, 0.6) is 0 Å². The fourth-order valence-corrected chi connectivity index (χ4v) is 4.75.